The van der Waals surface area contributed by atoms with E-state index in [1.165, 1.54) is 0 Å². The van der Waals surface area contributed by atoms with Gasteiger partial charge in [0, 0.05) is 11.8 Å². The predicted octanol–water partition coefficient (Wildman–Crippen LogP) is 0.278. The zero-order chi connectivity index (χ0) is 11.1. The number of rotatable bonds is 1. The summed E-state index contributed by atoms with van der Waals surface area (Å²) in [7, 11) is 0. The van der Waals surface area contributed by atoms with Crippen molar-refractivity contribution in [1.82, 2.24) is 5.43 Å². The molecule has 0 atom stereocenters. The van der Waals surface area contributed by atoms with Crippen molar-refractivity contribution in [3.05, 3.63) is 35.9 Å². The highest BCUT2D eigenvalue weighted by atomic mass is 16.2. The standard InChI is InChI=1S/C7H7NO.C3H4N2O/c8-7(9)6-4-2-1-3-5-6;6-3-1-2-4-5-3/h1-5H,(H2,8,9);2H,1H2,(H,5,6). The van der Waals surface area contributed by atoms with Crippen LogP contribution < -0.4 is 11.2 Å². The molecule has 1 aromatic rings. The molecule has 1 aliphatic heterocycles. The predicted molar refractivity (Wildman–Crippen MR) is 56.2 cm³/mol. The summed E-state index contributed by atoms with van der Waals surface area (Å²) in [6, 6.07) is 8.76. The maximum absolute atomic E-state index is 10.4. The fraction of sp³-hybridized carbons (Fsp3) is 0.100. The molecule has 2 rings (SSSR count). The Morgan fingerprint density at radius 2 is 2.00 bits per heavy atom. The van der Waals surface area contributed by atoms with Gasteiger partial charge in [-0.2, -0.15) is 5.10 Å². The minimum Gasteiger partial charge on any atom is -0.366 e. The topological polar surface area (TPSA) is 84.6 Å². The SMILES string of the molecule is NC(=O)c1ccccc1.O=C1CC=NN1. The average molecular weight is 205 g/mol. The van der Waals surface area contributed by atoms with Crippen molar-refractivity contribution in [2.75, 3.05) is 0 Å². The minimum atomic E-state index is -0.379. The molecule has 0 radical (unpaired) electrons. The monoisotopic (exact) mass is 205 g/mol. The van der Waals surface area contributed by atoms with Crippen molar-refractivity contribution in [1.29, 1.82) is 0 Å². The maximum Gasteiger partial charge on any atom is 0.248 e. The Bertz CT molecular complexity index is 364. The number of hydrogen-bond donors (Lipinski definition) is 2. The number of amides is 2. The van der Waals surface area contributed by atoms with E-state index in [1.807, 2.05) is 6.07 Å². The van der Waals surface area contributed by atoms with E-state index in [0.717, 1.165) is 0 Å². The smallest absolute Gasteiger partial charge is 0.248 e. The summed E-state index contributed by atoms with van der Waals surface area (Å²) in [5.74, 6) is -0.398. The van der Waals surface area contributed by atoms with E-state index in [1.54, 1.807) is 30.5 Å². The van der Waals surface area contributed by atoms with E-state index >= 15 is 0 Å². The van der Waals surface area contributed by atoms with Crippen LogP contribution in [0.3, 0.4) is 0 Å². The summed E-state index contributed by atoms with van der Waals surface area (Å²) >= 11 is 0. The lowest BCUT2D eigenvalue weighted by atomic mass is 10.2. The Kier molecular flexibility index (Phi) is 4.03. The Hall–Kier alpha value is -2.17. The second-order valence-corrected chi connectivity index (χ2v) is 2.78. The van der Waals surface area contributed by atoms with Gasteiger partial charge in [0.05, 0.1) is 6.42 Å². The number of nitrogens with two attached hydrogens (primary N) is 1. The van der Waals surface area contributed by atoms with Crippen molar-refractivity contribution < 1.29 is 9.59 Å². The summed E-state index contributed by atoms with van der Waals surface area (Å²) in [6.07, 6.45) is 1.99. The van der Waals surface area contributed by atoms with Crippen LogP contribution in [0.2, 0.25) is 0 Å². The van der Waals surface area contributed by atoms with Crippen LogP contribution in [-0.2, 0) is 4.79 Å². The quantitative estimate of drug-likeness (QED) is 0.690. The largest absolute Gasteiger partial charge is 0.366 e. The number of hydrogen-bond acceptors (Lipinski definition) is 3. The van der Waals surface area contributed by atoms with Crippen LogP contribution in [0.1, 0.15) is 16.8 Å². The lowest BCUT2D eigenvalue weighted by Crippen LogP contribution is -2.09. The van der Waals surface area contributed by atoms with E-state index in [9.17, 15) is 9.59 Å². The summed E-state index contributed by atoms with van der Waals surface area (Å²) in [4.78, 5) is 20.4. The van der Waals surface area contributed by atoms with Gasteiger partial charge in [-0.15, -0.1) is 0 Å². The van der Waals surface area contributed by atoms with E-state index in [0.29, 0.717) is 12.0 Å². The molecule has 0 saturated carbocycles. The first kappa shape index (κ1) is 10.9. The molecule has 0 spiro atoms. The third-order valence-corrected chi connectivity index (χ3v) is 1.62. The summed E-state index contributed by atoms with van der Waals surface area (Å²) < 4.78 is 0. The van der Waals surface area contributed by atoms with Crippen LogP contribution in [0.4, 0.5) is 0 Å². The van der Waals surface area contributed by atoms with Gasteiger partial charge >= 0.3 is 0 Å². The first-order valence-corrected chi connectivity index (χ1v) is 4.35. The van der Waals surface area contributed by atoms with Gasteiger partial charge in [0.15, 0.2) is 0 Å². The highest BCUT2D eigenvalue weighted by Crippen LogP contribution is 1.94. The van der Waals surface area contributed by atoms with Crippen molar-refractivity contribution in [3.8, 4) is 0 Å². The van der Waals surface area contributed by atoms with Gasteiger partial charge in [-0.1, -0.05) is 18.2 Å². The van der Waals surface area contributed by atoms with Crippen LogP contribution in [0.15, 0.2) is 35.4 Å². The number of carbonyl (C=O) groups excluding carboxylic acids is 2. The molecule has 3 N–H and O–H groups in total. The Morgan fingerprint density at radius 1 is 1.33 bits per heavy atom. The molecule has 0 aliphatic carbocycles. The van der Waals surface area contributed by atoms with Gasteiger partial charge in [-0.05, 0) is 12.1 Å². The second kappa shape index (κ2) is 5.54. The number of nitrogens with zero attached hydrogens (tertiary/aromatic N) is 1. The highest BCUT2D eigenvalue weighted by Gasteiger charge is 1.99. The van der Waals surface area contributed by atoms with Crippen LogP contribution in [0, 0.1) is 0 Å². The first-order valence-electron chi connectivity index (χ1n) is 4.35. The molecule has 1 heterocycles. The van der Waals surface area contributed by atoms with Crippen molar-refractivity contribution >= 4 is 18.0 Å². The van der Waals surface area contributed by atoms with E-state index < -0.39 is 0 Å². The summed E-state index contributed by atoms with van der Waals surface area (Å²) in [6.45, 7) is 0. The maximum atomic E-state index is 10.4. The number of hydrazone groups is 1. The molecular weight excluding hydrogens is 194 g/mol. The molecule has 0 bridgehead atoms. The normalized spacial score (nSPS) is 12.7. The molecule has 0 fully saturated rings. The summed E-state index contributed by atoms with van der Waals surface area (Å²) in [5, 5.41) is 3.44. The third kappa shape index (κ3) is 4.04. The zero-order valence-electron chi connectivity index (χ0n) is 8.01. The van der Waals surface area contributed by atoms with Crippen molar-refractivity contribution in [2.24, 2.45) is 10.8 Å². The molecular formula is C10H11N3O2. The molecule has 0 unspecified atom stereocenters. The van der Waals surface area contributed by atoms with Crippen molar-refractivity contribution in [2.45, 2.75) is 6.42 Å². The van der Waals surface area contributed by atoms with E-state index in [4.69, 9.17) is 5.73 Å². The molecule has 1 aliphatic rings. The molecule has 0 saturated heterocycles. The van der Waals surface area contributed by atoms with E-state index in [-0.39, 0.29) is 11.8 Å². The third-order valence-electron chi connectivity index (χ3n) is 1.62. The average Bonchev–Trinajstić information content (AvgIpc) is 2.71. The number of nitrogens with one attached hydrogen (secondary N) is 1. The molecule has 5 nitrogen and oxygen atoms in total. The number of benzene rings is 1. The molecule has 2 amide bonds. The fourth-order valence-corrected chi connectivity index (χ4v) is 0.894. The number of carbonyl (C=O) groups is 2. The van der Waals surface area contributed by atoms with Crippen LogP contribution >= 0.6 is 0 Å². The van der Waals surface area contributed by atoms with Crippen LogP contribution in [-0.4, -0.2) is 18.0 Å². The molecule has 1 aromatic carbocycles. The second-order valence-electron chi connectivity index (χ2n) is 2.78. The van der Waals surface area contributed by atoms with Gasteiger partial charge in [-0.25, -0.2) is 5.43 Å². The zero-order valence-corrected chi connectivity index (χ0v) is 8.01. The Labute approximate surface area is 87.0 Å². The Morgan fingerprint density at radius 3 is 2.27 bits per heavy atom. The van der Waals surface area contributed by atoms with Crippen molar-refractivity contribution in [3.63, 3.8) is 0 Å². The minimum absolute atomic E-state index is 0.0185. The fourth-order valence-electron chi connectivity index (χ4n) is 0.894. The molecule has 78 valence electrons. The highest BCUT2D eigenvalue weighted by molar-refractivity contribution is 5.93. The van der Waals surface area contributed by atoms with Gasteiger partial charge in [0.1, 0.15) is 0 Å². The Balaban J connectivity index is 0.000000162. The molecule has 5 heteroatoms. The lowest BCUT2D eigenvalue weighted by Gasteiger charge is -1.89. The van der Waals surface area contributed by atoms with E-state index in [2.05, 4.69) is 10.5 Å². The van der Waals surface area contributed by atoms with Crippen LogP contribution in [0.25, 0.3) is 0 Å². The van der Waals surface area contributed by atoms with Gasteiger partial charge < -0.3 is 5.73 Å². The lowest BCUT2D eigenvalue weighted by molar-refractivity contribution is -0.119. The summed E-state index contributed by atoms with van der Waals surface area (Å²) in [5.41, 5.74) is 7.78. The molecule has 15 heavy (non-hydrogen) atoms. The van der Waals surface area contributed by atoms with Crippen LogP contribution in [0.5, 0.6) is 0 Å². The van der Waals surface area contributed by atoms with Gasteiger partial charge in [0.2, 0.25) is 11.8 Å². The first-order chi connectivity index (χ1) is 7.20. The van der Waals surface area contributed by atoms with Gasteiger partial charge in [-0.3, -0.25) is 9.59 Å². The van der Waals surface area contributed by atoms with Gasteiger partial charge in [0.25, 0.3) is 0 Å². The molecule has 0 aromatic heterocycles. The number of primary amides is 1.